The summed E-state index contributed by atoms with van der Waals surface area (Å²) in [5.41, 5.74) is 5.54. The normalized spacial score (nSPS) is 13.8. The van der Waals surface area contributed by atoms with Crippen molar-refractivity contribution in [3.63, 3.8) is 0 Å². The van der Waals surface area contributed by atoms with E-state index in [-0.39, 0.29) is 6.09 Å². The van der Waals surface area contributed by atoms with Crippen molar-refractivity contribution in [2.75, 3.05) is 16.8 Å². The maximum atomic E-state index is 12.3. The maximum absolute atomic E-state index is 12.3. The minimum atomic E-state index is -0.477. The molecule has 0 unspecified atom stereocenters. The molecular weight excluding hydrogens is 310 g/mol. The van der Waals surface area contributed by atoms with Gasteiger partial charge in [-0.15, -0.1) is 11.3 Å². The summed E-state index contributed by atoms with van der Waals surface area (Å²) < 4.78 is 5.47. The highest BCUT2D eigenvalue weighted by Gasteiger charge is 2.28. The molecule has 0 aliphatic carbocycles. The molecule has 0 saturated carbocycles. The molecule has 1 N–H and O–H groups in total. The van der Waals surface area contributed by atoms with Crippen molar-refractivity contribution in [1.29, 1.82) is 0 Å². The summed E-state index contributed by atoms with van der Waals surface area (Å²) >= 11 is 1.59. The summed E-state index contributed by atoms with van der Waals surface area (Å²) in [4.78, 5) is 18.2. The predicted octanol–water partition coefficient (Wildman–Crippen LogP) is 4.05. The molecule has 0 atom stereocenters. The lowest BCUT2D eigenvalue weighted by Gasteiger charge is -2.24. The van der Waals surface area contributed by atoms with Crippen LogP contribution in [0.1, 0.15) is 32.0 Å². The number of nitrogens with zero attached hydrogens (tertiary/aromatic N) is 2. The molecule has 1 aliphatic heterocycles. The SMILES string of the molecule is CC(C)(C)OC(=O)N1CCc2cc(NCc3cscn3)ccc21. The number of amides is 1. The van der Waals surface area contributed by atoms with Crippen LogP contribution in [0.2, 0.25) is 0 Å². The molecule has 0 fully saturated rings. The second kappa shape index (κ2) is 6.20. The molecule has 2 heterocycles. The van der Waals surface area contributed by atoms with Gasteiger partial charge in [0.25, 0.3) is 0 Å². The first-order chi connectivity index (χ1) is 10.9. The van der Waals surface area contributed by atoms with Gasteiger partial charge in [-0.1, -0.05) is 0 Å². The molecule has 1 aromatic heterocycles. The Kier molecular flexibility index (Phi) is 4.26. The summed E-state index contributed by atoms with van der Waals surface area (Å²) in [7, 11) is 0. The van der Waals surface area contributed by atoms with E-state index < -0.39 is 5.60 Å². The molecule has 23 heavy (non-hydrogen) atoms. The van der Waals surface area contributed by atoms with Gasteiger partial charge >= 0.3 is 6.09 Å². The fourth-order valence-electron chi connectivity index (χ4n) is 2.54. The van der Waals surface area contributed by atoms with Gasteiger partial charge < -0.3 is 10.1 Å². The summed E-state index contributed by atoms with van der Waals surface area (Å²) in [6.45, 7) is 7.02. The quantitative estimate of drug-likeness (QED) is 0.922. The number of hydrogen-bond acceptors (Lipinski definition) is 5. The van der Waals surface area contributed by atoms with Crippen LogP contribution in [-0.4, -0.2) is 23.2 Å². The number of hydrogen-bond donors (Lipinski definition) is 1. The van der Waals surface area contributed by atoms with Crippen LogP contribution in [0, 0.1) is 0 Å². The van der Waals surface area contributed by atoms with Crippen molar-refractivity contribution in [2.45, 2.75) is 39.3 Å². The van der Waals surface area contributed by atoms with Crippen molar-refractivity contribution in [1.82, 2.24) is 4.98 Å². The number of carbonyl (C=O) groups is 1. The van der Waals surface area contributed by atoms with E-state index in [1.807, 2.05) is 43.8 Å². The van der Waals surface area contributed by atoms with E-state index >= 15 is 0 Å². The number of anilines is 2. The van der Waals surface area contributed by atoms with Crippen molar-refractivity contribution >= 4 is 28.8 Å². The Bertz CT molecular complexity index is 692. The number of aromatic nitrogens is 1. The third kappa shape index (κ3) is 3.82. The van der Waals surface area contributed by atoms with Crippen LogP contribution in [0.3, 0.4) is 0 Å². The van der Waals surface area contributed by atoms with Gasteiger partial charge in [0.1, 0.15) is 5.60 Å². The summed E-state index contributed by atoms with van der Waals surface area (Å²) in [6, 6.07) is 6.08. The largest absolute Gasteiger partial charge is 0.443 e. The van der Waals surface area contributed by atoms with Crippen LogP contribution >= 0.6 is 11.3 Å². The standard InChI is InChI=1S/C17H21N3O2S/c1-17(2,3)22-16(21)20-7-6-12-8-13(4-5-15(12)20)18-9-14-10-23-11-19-14/h4-5,8,10-11,18H,6-7,9H2,1-3H3. The van der Waals surface area contributed by atoms with Gasteiger partial charge in [-0.2, -0.15) is 0 Å². The van der Waals surface area contributed by atoms with E-state index in [0.717, 1.165) is 23.5 Å². The zero-order valence-electron chi connectivity index (χ0n) is 13.6. The zero-order chi connectivity index (χ0) is 16.4. The second-order valence-corrected chi connectivity index (χ2v) is 7.28. The fourth-order valence-corrected chi connectivity index (χ4v) is 3.09. The number of rotatable bonds is 3. The van der Waals surface area contributed by atoms with Crippen LogP contribution < -0.4 is 10.2 Å². The molecule has 0 bridgehead atoms. The molecule has 1 aliphatic rings. The first-order valence-electron chi connectivity index (χ1n) is 7.67. The molecule has 0 radical (unpaired) electrons. The molecular formula is C17H21N3O2S. The number of fused-ring (bicyclic) bond motifs is 1. The highest BCUT2D eigenvalue weighted by molar-refractivity contribution is 7.07. The number of thiazole rings is 1. The monoisotopic (exact) mass is 331 g/mol. The first kappa shape index (κ1) is 15.8. The molecule has 0 spiro atoms. The van der Waals surface area contributed by atoms with E-state index in [1.54, 1.807) is 16.2 Å². The number of benzene rings is 1. The summed E-state index contributed by atoms with van der Waals surface area (Å²) in [6.07, 6.45) is 0.570. The average molecular weight is 331 g/mol. The lowest BCUT2D eigenvalue weighted by molar-refractivity contribution is 0.0584. The van der Waals surface area contributed by atoms with Crippen molar-refractivity contribution < 1.29 is 9.53 Å². The molecule has 6 heteroatoms. The van der Waals surface area contributed by atoms with Crippen molar-refractivity contribution in [2.24, 2.45) is 0 Å². The Morgan fingerprint density at radius 3 is 2.96 bits per heavy atom. The van der Waals surface area contributed by atoms with E-state index in [1.165, 1.54) is 5.56 Å². The second-order valence-electron chi connectivity index (χ2n) is 6.56. The van der Waals surface area contributed by atoms with Gasteiger partial charge in [-0.05, 0) is 51.0 Å². The Morgan fingerprint density at radius 2 is 2.26 bits per heavy atom. The topological polar surface area (TPSA) is 54.5 Å². The molecule has 3 rings (SSSR count). The lowest BCUT2D eigenvalue weighted by Crippen LogP contribution is -2.35. The van der Waals surface area contributed by atoms with Crippen LogP contribution in [0.4, 0.5) is 16.2 Å². The number of nitrogens with one attached hydrogen (secondary N) is 1. The number of ether oxygens (including phenoxy) is 1. The van der Waals surface area contributed by atoms with Crippen LogP contribution in [0.25, 0.3) is 0 Å². The fraction of sp³-hybridized carbons (Fsp3) is 0.412. The van der Waals surface area contributed by atoms with Gasteiger partial charge in [0.05, 0.1) is 23.4 Å². The highest BCUT2D eigenvalue weighted by atomic mass is 32.1. The van der Waals surface area contributed by atoms with Crippen LogP contribution in [0.15, 0.2) is 29.1 Å². The zero-order valence-corrected chi connectivity index (χ0v) is 14.4. The molecule has 1 aromatic carbocycles. The number of carbonyl (C=O) groups excluding carboxylic acids is 1. The van der Waals surface area contributed by atoms with Crippen molar-refractivity contribution in [3.05, 3.63) is 40.3 Å². The van der Waals surface area contributed by atoms with E-state index in [9.17, 15) is 4.79 Å². The Morgan fingerprint density at radius 1 is 1.43 bits per heavy atom. The Hall–Kier alpha value is -2.08. The average Bonchev–Trinajstić information content (AvgIpc) is 3.12. The van der Waals surface area contributed by atoms with E-state index in [2.05, 4.69) is 16.4 Å². The van der Waals surface area contributed by atoms with Gasteiger partial charge in [0.2, 0.25) is 0 Å². The van der Waals surface area contributed by atoms with Gasteiger partial charge in [0.15, 0.2) is 0 Å². The van der Waals surface area contributed by atoms with Gasteiger partial charge in [-0.25, -0.2) is 9.78 Å². The molecule has 0 saturated heterocycles. The van der Waals surface area contributed by atoms with Crippen LogP contribution in [-0.2, 0) is 17.7 Å². The van der Waals surface area contributed by atoms with E-state index in [4.69, 9.17) is 4.74 Å². The minimum absolute atomic E-state index is 0.278. The van der Waals surface area contributed by atoms with E-state index in [0.29, 0.717) is 13.1 Å². The molecule has 1 amide bonds. The lowest BCUT2D eigenvalue weighted by atomic mass is 10.1. The van der Waals surface area contributed by atoms with Gasteiger partial charge in [0, 0.05) is 17.6 Å². The third-order valence-electron chi connectivity index (χ3n) is 3.55. The van der Waals surface area contributed by atoms with Crippen molar-refractivity contribution in [3.8, 4) is 0 Å². The minimum Gasteiger partial charge on any atom is -0.443 e. The first-order valence-corrected chi connectivity index (χ1v) is 8.61. The predicted molar refractivity (Wildman–Crippen MR) is 93.2 cm³/mol. The molecule has 2 aromatic rings. The Labute approximate surface area is 140 Å². The maximum Gasteiger partial charge on any atom is 0.414 e. The van der Waals surface area contributed by atoms with Gasteiger partial charge in [-0.3, -0.25) is 4.90 Å². The molecule has 122 valence electrons. The highest BCUT2D eigenvalue weighted by Crippen LogP contribution is 2.31. The van der Waals surface area contributed by atoms with Crippen LogP contribution in [0.5, 0.6) is 0 Å². The summed E-state index contributed by atoms with van der Waals surface area (Å²) in [5, 5.41) is 5.40. The molecule has 5 nitrogen and oxygen atoms in total. The Balaban J connectivity index is 1.68. The smallest absolute Gasteiger partial charge is 0.414 e. The third-order valence-corrected chi connectivity index (χ3v) is 4.18. The summed E-state index contributed by atoms with van der Waals surface area (Å²) in [5.74, 6) is 0.